The summed E-state index contributed by atoms with van der Waals surface area (Å²) in [6.07, 6.45) is 4.23. The first kappa shape index (κ1) is 10.2. The van der Waals surface area contributed by atoms with Crippen LogP contribution in [0.25, 0.3) is 0 Å². The summed E-state index contributed by atoms with van der Waals surface area (Å²) in [5.41, 5.74) is 11.0. The fourth-order valence-corrected chi connectivity index (χ4v) is 2.32. The van der Waals surface area contributed by atoms with Crippen LogP contribution in [-0.2, 0) is 5.41 Å². The molecule has 0 aromatic carbocycles. The molecule has 1 aromatic heterocycles. The fourth-order valence-electron chi connectivity index (χ4n) is 2.32. The lowest BCUT2D eigenvalue weighted by Gasteiger charge is -2.25. The van der Waals surface area contributed by atoms with Gasteiger partial charge >= 0.3 is 0 Å². The molecule has 82 valence electrons. The van der Waals surface area contributed by atoms with E-state index in [0.29, 0.717) is 12.4 Å². The van der Waals surface area contributed by atoms with Gasteiger partial charge in [0.15, 0.2) is 0 Å². The third kappa shape index (κ3) is 1.74. The first-order valence-electron chi connectivity index (χ1n) is 5.24. The Kier molecular flexibility index (Phi) is 2.48. The van der Waals surface area contributed by atoms with E-state index >= 15 is 0 Å². The van der Waals surface area contributed by atoms with Gasteiger partial charge in [0.05, 0.1) is 0 Å². The number of hydrogen-bond acceptors (Lipinski definition) is 4. The molecule has 1 aromatic rings. The van der Waals surface area contributed by atoms with Crippen LogP contribution in [0.1, 0.15) is 31.5 Å². The molecule has 1 aliphatic rings. The number of hydrogen-bond donors (Lipinski definition) is 3. The Morgan fingerprint density at radius 2 is 2.13 bits per heavy atom. The van der Waals surface area contributed by atoms with E-state index in [2.05, 4.69) is 9.97 Å². The highest BCUT2D eigenvalue weighted by molar-refractivity contribution is 5.28. The first-order chi connectivity index (χ1) is 7.16. The lowest BCUT2D eigenvalue weighted by molar-refractivity contribution is 0.424. The van der Waals surface area contributed by atoms with Crippen molar-refractivity contribution in [1.29, 1.82) is 0 Å². The standard InChI is InChI=1S/C10H16N4O/c11-6-10(3-1-2-4-10)9-13-7(12)5-8(15)14-9/h5H,1-4,6,11H2,(H3,12,13,14,15). The third-order valence-corrected chi connectivity index (χ3v) is 3.22. The van der Waals surface area contributed by atoms with Gasteiger partial charge in [-0.15, -0.1) is 0 Å². The van der Waals surface area contributed by atoms with E-state index < -0.39 is 0 Å². The lowest BCUT2D eigenvalue weighted by atomic mass is 9.85. The Bertz CT molecular complexity index is 406. The van der Waals surface area contributed by atoms with Crippen molar-refractivity contribution in [2.75, 3.05) is 12.3 Å². The maximum absolute atomic E-state index is 11.3. The van der Waals surface area contributed by atoms with Crippen LogP contribution < -0.4 is 17.0 Å². The number of rotatable bonds is 2. The summed E-state index contributed by atoms with van der Waals surface area (Å²) in [4.78, 5) is 18.3. The predicted molar refractivity (Wildman–Crippen MR) is 58.5 cm³/mol. The molecule has 0 aliphatic heterocycles. The summed E-state index contributed by atoms with van der Waals surface area (Å²) in [5.74, 6) is 0.931. The van der Waals surface area contributed by atoms with Gasteiger partial charge in [0.1, 0.15) is 11.6 Å². The van der Waals surface area contributed by atoms with E-state index in [1.165, 1.54) is 6.07 Å². The van der Waals surface area contributed by atoms with Gasteiger partial charge in [-0.25, -0.2) is 4.98 Å². The van der Waals surface area contributed by atoms with Crippen LogP contribution in [0.15, 0.2) is 10.9 Å². The van der Waals surface area contributed by atoms with Crippen molar-refractivity contribution in [3.05, 3.63) is 22.2 Å². The molecule has 5 N–H and O–H groups in total. The molecule has 0 bridgehead atoms. The van der Waals surface area contributed by atoms with Gasteiger partial charge < -0.3 is 16.5 Å². The zero-order valence-electron chi connectivity index (χ0n) is 8.62. The summed E-state index contributed by atoms with van der Waals surface area (Å²) in [5, 5.41) is 0. The van der Waals surface area contributed by atoms with Gasteiger partial charge in [-0.05, 0) is 12.8 Å². The molecule has 0 saturated heterocycles. The molecule has 1 fully saturated rings. The van der Waals surface area contributed by atoms with Crippen LogP contribution in [0.3, 0.4) is 0 Å². The van der Waals surface area contributed by atoms with Gasteiger partial charge in [0, 0.05) is 18.0 Å². The number of anilines is 1. The number of nitrogens with two attached hydrogens (primary N) is 2. The maximum atomic E-state index is 11.3. The van der Waals surface area contributed by atoms with E-state index in [9.17, 15) is 4.79 Å². The van der Waals surface area contributed by atoms with Gasteiger partial charge in [-0.1, -0.05) is 12.8 Å². The predicted octanol–water partition coefficient (Wildman–Crippen LogP) is 0.123. The Hall–Kier alpha value is -1.36. The molecule has 1 aliphatic carbocycles. The van der Waals surface area contributed by atoms with Crippen LogP contribution in [-0.4, -0.2) is 16.5 Å². The molecule has 0 spiro atoms. The molecule has 5 nitrogen and oxygen atoms in total. The monoisotopic (exact) mass is 208 g/mol. The summed E-state index contributed by atoms with van der Waals surface area (Å²) in [7, 11) is 0. The Labute approximate surface area is 87.9 Å². The van der Waals surface area contributed by atoms with Crippen molar-refractivity contribution < 1.29 is 0 Å². The molecule has 0 unspecified atom stereocenters. The zero-order valence-corrected chi connectivity index (χ0v) is 8.62. The zero-order chi connectivity index (χ0) is 10.9. The summed E-state index contributed by atoms with van der Waals surface area (Å²) in [6.45, 7) is 0.513. The van der Waals surface area contributed by atoms with E-state index in [0.717, 1.165) is 25.7 Å². The highest BCUT2D eigenvalue weighted by Gasteiger charge is 2.36. The second kappa shape index (κ2) is 3.66. The first-order valence-corrected chi connectivity index (χ1v) is 5.24. The summed E-state index contributed by atoms with van der Waals surface area (Å²) < 4.78 is 0. The van der Waals surface area contributed by atoms with Crippen molar-refractivity contribution >= 4 is 5.82 Å². The number of H-pyrrole nitrogens is 1. The van der Waals surface area contributed by atoms with Crippen LogP contribution >= 0.6 is 0 Å². The third-order valence-electron chi connectivity index (χ3n) is 3.22. The average molecular weight is 208 g/mol. The van der Waals surface area contributed by atoms with Crippen molar-refractivity contribution in [2.45, 2.75) is 31.1 Å². The van der Waals surface area contributed by atoms with Crippen LogP contribution in [0, 0.1) is 0 Å². The number of nitrogen functional groups attached to an aromatic ring is 1. The van der Waals surface area contributed by atoms with Crippen molar-refractivity contribution in [2.24, 2.45) is 5.73 Å². The minimum Gasteiger partial charge on any atom is -0.383 e. The molecule has 1 saturated carbocycles. The Morgan fingerprint density at radius 3 is 2.67 bits per heavy atom. The van der Waals surface area contributed by atoms with Gasteiger partial charge in [-0.2, -0.15) is 0 Å². The molecular weight excluding hydrogens is 192 g/mol. The van der Waals surface area contributed by atoms with E-state index in [1.54, 1.807) is 0 Å². The van der Waals surface area contributed by atoms with Gasteiger partial charge in [0.25, 0.3) is 5.56 Å². The molecular formula is C10H16N4O. The highest BCUT2D eigenvalue weighted by Crippen LogP contribution is 2.38. The smallest absolute Gasteiger partial charge is 0.252 e. The number of nitrogens with one attached hydrogen (secondary N) is 1. The SMILES string of the molecule is NCC1(c2nc(N)cc(=O)[nH]2)CCCC1. The van der Waals surface area contributed by atoms with Crippen molar-refractivity contribution in [3.8, 4) is 0 Å². The largest absolute Gasteiger partial charge is 0.383 e. The lowest BCUT2D eigenvalue weighted by Crippen LogP contribution is -2.36. The summed E-state index contributed by atoms with van der Waals surface area (Å²) in [6, 6.07) is 1.29. The van der Waals surface area contributed by atoms with Crippen LogP contribution in [0.4, 0.5) is 5.82 Å². The maximum Gasteiger partial charge on any atom is 0.252 e. The quantitative estimate of drug-likeness (QED) is 0.643. The highest BCUT2D eigenvalue weighted by atomic mass is 16.1. The number of nitrogens with zero attached hydrogens (tertiary/aromatic N) is 1. The van der Waals surface area contributed by atoms with Crippen LogP contribution in [0.5, 0.6) is 0 Å². The average Bonchev–Trinajstić information content (AvgIpc) is 2.65. The topological polar surface area (TPSA) is 97.8 Å². The van der Waals surface area contributed by atoms with Crippen molar-refractivity contribution in [1.82, 2.24) is 9.97 Å². The second-order valence-electron chi connectivity index (χ2n) is 4.21. The number of aromatic amines is 1. The Morgan fingerprint density at radius 1 is 1.47 bits per heavy atom. The van der Waals surface area contributed by atoms with E-state index in [4.69, 9.17) is 11.5 Å². The molecule has 0 atom stereocenters. The van der Waals surface area contributed by atoms with E-state index in [1.807, 2.05) is 0 Å². The van der Waals surface area contributed by atoms with Crippen LogP contribution in [0.2, 0.25) is 0 Å². The van der Waals surface area contributed by atoms with E-state index in [-0.39, 0.29) is 16.8 Å². The minimum absolute atomic E-state index is 0.158. The Balaban J connectivity index is 2.46. The minimum atomic E-state index is -0.197. The molecule has 0 amide bonds. The van der Waals surface area contributed by atoms with Gasteiger partial charge in [0.2, 0.25) is 0 Å². The molecule has 1 heterocycles. The normalized spacial score (nSPS) is 19.3. The second-order valence-corrected chi connectivity index (χ2v) is 4.21. The fraction of sp³-hybridized carbons (Fsp3) is 0.600. The van der Waals surface area contributed by atoms with Crippen molar-refractivity contribution in [3.63, 3.8) is 0 Å². The molecule has 0 radical (unpaired) electrons. The molecule has 2 rings (SSSR count). The van der Waals surface area contributed by atoms with Gasteiger partial charge in [-0.3, -0.25) is 4.79 Å². The number of aromatic nitrogens is 2. The molecule has 5 heteroatoms. The molecule has 15 heavy (non-hydrogen) atoms. The summed E-state index contributed by atoms with van der Waals surface area (Å²) >= 11 is 0.